The third kappa shape index (κ3) is 3.53. The molecular weight excluding hydrogens is 354 g/mol. The molecular formula is C22H21N3O3. The number of hydrogen-bond acceptors (Lipinski definition) is 4. The Labute approximate surface area is 162 Å². The summed E-state index contributed by atoms with van der Waals surface area (Å²) < 4.78 is 5.77. The number of hydrogen-bond donors (Lipinski definition) is 1. The molecule has 1 N–H and O–H groups in total. The third-order valence-electron chi connectivity index (χ3n) is 4.89. The highest BCUT2D eigenvalue weighted by molar-refractivity contribution is 5.97. The average Bonchev–Trinajstić information content (AvgIpc) is 3.36. The maximum absolute atomic E-state index is 12.6. The normalized spacial score (nSPS) is 16.3. The standard InChI is InChI=1S/C22H21N3O3/c1-2-6-20(26)25-14-5-8-18(25)21(27)23-16-12-10-15(11-13-16)22-24-17-7-3-4-9-19(17)28-22/h2-4,7,9-13,18H,1,5-6,8,14H2,(H,23,27)/t18-/m0/s1. The first-order chi connectivity index (χ1) is 13.7. The van der Waals surface area contributed by atoms with E-state index in [4.69, 9.17) is 4.42 Å². The van der Waals surface area contributed by atoms with Crippen molar-refractivity contribution in [1.29, 1.82) is 0 Å². The van der Waals surface area contributed by atoms with E-state index in [-0.39, 0.29) is 18.2 Å². The molecule has 4 rings (SSSR count). The summed E-state index contributed by atoms with van der Waals surface area (Å²) in [4.78, 5) is 30.9. The number of benzene rings is 2. The molecule has 2 aromatic carbocycles. The zero-order valence-electron chi connectivity index (χ0n) is 15.4. The second-order valence-electron chi connectivity index (χ2n) is 6.79. The molecule has 2 heterocycles. The van der Waals surface area contributed by atoms with Crippen molar-refractivity contribution >= 4 is 28.6 Å². The van der Waals surface area contributed by atoms with Gasteiger partial charge < -0.3 is 14.6 Å². The predicted octanol–water partition coefficient (Wildman–Crippen LogP) is 4.00. The van der Waals surface area contributed by atoms with Crippen molar-refractivity contribution in [2.45, 2.75) is 25.3 Å². The van der Waals surface area contributed by atoms with Crippen LogP contribution in [0.5, 0.6) is 0 Å². The van der Waals surface area contributed by atoms with E-state index in [1.807, 2.05) is 48.5 Å². The van der Waals surface area contributed by atoms with E-state index in [2.05, 4.69) is 16.9 Å². The van der Waals surface area contributed by atoms with Crippen LogP contribution in [-0.2, 0) is 9.59 Å². The van der Waals surface area contributed by atoms with Crippen LogP contribution in [0.15, 0.2) is 65.6 Å². The number of nitrogens with zero attached hydrogens (tertiary/aromatic N) is 2. The lowest BCUT2D eigenvalue weighted by atomic mass is 10.1. The molecule has 0 saturated carbocycles. The zero-order chi connectivity index (χ0) is 19.5. The van der Waals surface area contributed by atoms with Gasteiger partial charge in [-0.1, -0.05) is 18.2 Å². The molecule has 1 saturated heterocycles. The van der Waals surface area contributed by atoms with Crippen molar-refractivity contribution in [3.05, 3.63) is 61.2 Å². The summed E-state index contributed by atoms with van der Waals surface area (Å²) in [6.45, 7) is 4.21. The minimum Gasteiger partial charge on any atom is -0.436 e. The van der Waals surface area contributed by atoms with Crippen molar-refractivity contribution < 1.29 is 14.0 Å². The Kier molecular flexibility index (Phi) is 4.93. The van der Waals surface area contributed by atoms with Crippen LogP contribution >= 0.6 is 0 Å². The van der Waals surface area contributed by atoms with Crippen LogP contribution in [0, 0.1) is 0 Å². The Bertz CT molecular complexity index is 990. The van der Waals surface area contributed by atoms with Crippen molar-refractivity contribution in [2.75, 3.05) is 11.9 Å². The summed E-state index contributed by atoms with van der Waals surface area (Å²) in [5, 5.41) is 2.91. The van der Waals surface area contributed by atoms with Crippen molar-refractivity contribution in [1.82, 2.24) is 9.88 Å². The van der Waals surface area contributed by atoms with Gasteiger partial charge in [0.1, 0.15) is 11.6 Å². The molecule has 0 aliphatic carbocycles. The first-order valence-corrected chi connectivity index (χ1v) is 9.33. The van der Waals surface area contributed by atoms with E-state index < -0.39 is 6.04 Å². The molecule has 0 spiro atoms. The minimum atomic E-state index is -0.427. The zero-order valence-corrected chi connectivity index (χ0v) is 15.4. The van der Waals surface area contributed by atoms with Crippen LogP contribution in [0.3, 0.4) is 0 Å². The molecule has 0 radical (unpaired) electrons. The molecule has 2 amide bonds. The highest BCUT2D eigenvalue weighted by Crippen LogP contribution is 2.26. The highest BCUT2D eigenvalue weighted by Gasteiger charge is 2.33. The molecule has 1 aliphatic rings. The summed E-state index contributed by atoms with van der Waals surface area (Å²) in [7, 11) is 0. The van der Waals surface area contributed by atoms with Crippen LogP contribution in [0.25, 0.3) is 22.6 Å². The van der Waals surface area contributed by atoms with Crippen LogP contribution < -0.4 is 5.32 Å². The number of para-hydroxylation sites is 2. The molecule has 0 bridgehead atoms. The number of carbonyl (C=O) groups is 2. The molecule has 1 aliphatic heterocycles. The molecule has 1 fully saturated rings. The molecule has 3 aromatic rings. The number of amides is 2. The van der Waals surface area contributed by atoms with Gasteiger partial charge in [-0.3, -0.25) is 9.59 Å². The van der Waals surface area contributed by atoms with Crippen molar-refractivity contribution in [3.8, 4) is 11.5 Å². The largest absolute Gasteiger partial charge is 0.436 e. The number of rotatable bonds is 5. The number of fused-ring (bicyclic) bond motifs is 1. The third-order valence-corrected chi connectivity index (χ3v) is 4.89. The minimum absolute atomic E-state index is 0.0565. The number of anilines is 1. The highest BCUT2D eigenvalue weighted by atomic mass is 16.3. The monoisotopic (exact) mass is 375 g/mol. The maximum Gasteiger partial charge on any atom is 0.247 e. The van der Waals surface area contributed by atoms with Gasteiger partial charge in [-0.15, -0.1) is 6.58 Å². The number of aromatic nitrogens is 1. The smallest absolute Gasteiger partial charge is 0.247 e. The Morgan fingerprint density at radius 2 is 2.00 bits per heavy atom. The van der Waals surface area contributed by atoms with Gasteiger partial charge in [0.25, 0.3) is 0 Å². The number of oxazole rings is 1. The topological polar surface area (TPSA) is 75.4 Å². The number of likely N-dealkylation sites (tertiary alicyclic amines) is 1. The van der Waals surface area contributed by atoms with E-state index in [0.29, 0.717) is 24.5 Å². The fourth-order valence-corrected chi connectivity index (χ4v) is 3.50. The molecule has 1 atom stereocenters. The van der Waals surface area contributed by atoms with Gasteiger partial charge in [-0.05, 0) is 49.2 Å². The maximum atomic E-state index is 12.6. The molecule has 142 valence electrons. The molecule has 1 aromatic heterocycles. The van der Waals surface area contributed by atoms with E-state index in [9.17, 15) is 9.59 Å². The molecule has 6 heteroatoms. The van der Waals surface area contributed by atoms with Gasteiger partial charge in [-0.25, -0.2) is 4.98 Å². The number of carbonyl (C=O) groups excluding carboxylic acids is 2. The van der Waals surface area contributed by atoms with Crippen LogP contribution in [0.4, 0.5) is 5.69 Å². The summed E-state index contributed by atoms with van der Waals surface area (Å²) >= 11 is 0. The van der Waals surface area contributed by atoms with Crippen molar-refractivity contribution in [3.63, 3.8) is 0 Å². The summed E-state index contributed by atoms with van der Waals surface area (Å²) in [6.07, 6.45) is 3.33. The van der Waals surface area contributed by atoms with Crippen LogP contribution in [0.1, 0.15) is 19.3 Å². The van der Waals surface area contributed by atoms with Crippen LogP contribution in [-0.4, -0.2) is 34.3 Å². The summed E-state index contributed by atoms with van der Waals surface area (Å²) in [5.74, 6) is 0.319. The lowest BCUT2D eigenvalue weighted by molar-refractivity contribution is -0.135. The second-order valence-corrected chi connectivity index (χ2v) is 6.79. The lowest BCUT2D eigenvalue weighted by Gasteiger charge is -2.23. The first-order valence-electron chi connectivity index (χ1n) is 9.33. The second kappa shape index (κ2) is 7.68. The quantitative estimate of drug-likeness (QED) is 0.684. The van der Waals surface area contributed by atoms with Gasteiger partial charge in [0.05, 0.1) is 0 Å². The van der Waals surface area contributed by atoms with Gasteiger partial charge in [0.15, 0.2) is 5.58 Å². The van der Waals surface area contributed by atoms with E-state index >= 15 is 0 Å². The van der Waals surface area contributed by atoms with Gasteiger partial charge in [0, 0.05) is 24.2 Å². The van der Waals surface area contributed by atoms with Gasteiger partial charge >= 0.3 is 0 Å². The van der Waals surface area contributed by atoms with Crippen LogP contribution in [0.2, 0.25) is 0 Å². The molecule has 6 nitrogen and oxygen atoms in total. The Hall–Kier alpha value is -3.41. The fourth-order valence-electron chi connectivity index (χ4n) is 3.50. The Balaban J connectivity index is 1.46. The summed E-state index contributed by atoms with van der Waals surface area (Å²) in [5.41, 5.74) is 3.05. The molecule has 0 unspecified atom stereocenters. The SMILES string of the molecule is C=CCC(=O)N1CCC[C@H]1C(=O)Nc1ccc(-c2nc3ccccc3o2)cc1. The summed E-state index contributed by atoms with van der Waals surface area (Å²) in [6, 6.07) is 14.5. The number of nitrogens with one attached hydrogen (secondary N) is 1. The average molecular weight is 375 g/mol. The van der Waals surface area contributed by atoms with E-state index in [1.54, 1.807) is 11.0 Å². The van der Waals surface area contributed by atoms with Gasteiger partial charge in [-0.2, -0.15) is 0 Å². The first kappa shape index (κ1) is 18.0. The predicted molar refractivity (Wildman–Crippen MR) is 108 cm³/mol. The van der Waals surface area contributed by atoms with Crippen molar-refractivity contribution in [2.24, 2.45) is 0 Å². The molecule has 28 heavy (non-hydrogen) atoms. The lowest BCUT2D eigenvalue weighted by Crippen LogP contribution is -2.42. The van der Waals surface area contributed by atoms with E-state index in [0.717, 1.165) is 23.1 Å². The van der Waals surface area contributed by atoms with E-state index in [1.165, 1.54) is 0 Å². The van der Waals surface area contributed by atoms with Gasteiger partial charge in [0.2, 0.25) is 17.7 Å². The fraction of sp³-hybridized carbons (Fsp3) is 0.227. The Morgan fingerprint density at radius 1 is 1.21 bits per heavy atom. The Morgan fingerprint density at radius 3 is 2.75 bits per heavy atom.